The number of nitrogens with one attached hydrogen (secondary N) is 2. The van der Waals surface area contributed by atoms with Gasteiger partial charge in [0, 0.05) is 33.0 Å². The molecule has 1 atom stereocenters. The fraction of sp³-hybridized carbons (Fsp3) is 0.667. The standard InChI is InChI=1S/C12H19N5O2/c1-9(18)17-6-2-3-10(7-17)12(19)13-5-4-11-14-8-15-16-11/h8,10H,2-7H2,1H3,(H,13,19)(H,14,15,16). The Labute approximate surface area is 111 Å². The van der Waals surface area contributed by atoms with Crippen LogP contribution in [0.25, 0.3) is 0 Å². The summed E-state index contributed by atoms with van der Waals surface area (Å²) in [6.07, 6.45) is 3.82. The first-order valence-corrected chi connectivity index (χ1v) is 6.54. The van der Waals surface area contributed by atoms with Gasteiger partial charge in [0.25, 0.3) is 0 Å². The third kappa shape index (κ3) is 3.77. The predicted molar refractivity (Wildman–Crippen MR) is 68.1 cm³/mol. The number of aromatic amines is 1. The molecule has 1 aromatic heterocycles. The van der Waals surface area contributed by atoms with Crippen LogP contribution in [0.5, 0.6) is 0 Å². The van der Waals surface area contributed by atoms with Gasteiger partial charge in [0.15, 0.2) is 0 Å². The molecule has 104 valence electrons. The van der Waals surface area contributed by atoms with E-state index in [0.29, 0.717) is 19.5 Å². The SMILES string of the molecule is CC(=O)N1CCCC(C(=O)NCCc2ncn[nH]2)C1. The number of carbonyl (C=O) groups excluding carboxylic acids is 2. The number of rotatable bonds is 4. The third-order valence-electron chi connectivity index (χ3n) is 3.36. The van der Waals surface area contributed by atoms with E-state index in [1.165, 1.54) is 6.33 Å². The van der Waals surface area contributed by atoms with Gasteiger partial charge in [-0.3, -0.25) is 14.7 Å². The minimum Gasteiger partial charge on any atom is -0.355 e. The maximum absolute atomic E-state index is 12.0. The number of nitrogens with zero attached hydrogens (tertiary/aromatic N) is 3. The lowest BCUT2D eigenvalue weighted by atomic mass is 9.97. The first kappa shape index (κ1) is 13.5. The van der Waals surface area contributed by atoms with Gasteiger partial charge in [-0.1, -0.05) is 0 Å². The summed E-state index contributed by atoms with van der Waals surface area (Å²) in [6.45, 7) is 3.37. The fourth-order valence-electron chi connectivity index (χ4n) is 2.28. The molecule has 2 amide bonds. The van der Waals surface area contributed by atoms with E-state index in [1.54, 1.807) is 11.8 Å². The molecule has 2 N–H and O–H groups in total. The largest absolute Gasteiger partial charge is 0.355 e. The van der Waals surface area contributed by atoms with Crippen LogP contribution in [0, 0.1) is 5.92 Å². The number of aromatic nitrogens is 3. The van der Waals surface area contributed by atoms with Crippen LogP contribution in [-0.2, 0) is 16.0 Å². The van der Waals surface area contributed by atoms with Gasteiger partial charge in [-0.05, 0) is 12.8 Å². The maximum atomic E-state index is 12.0. The lowest BCUT2D eigenvalue weighted by molar-refractivity contribution is -0.133. The van der Waals surface area contributed by atoms with Crippen LogP contribution in [0.1, 0.15) is 25.6 Å². The van der Waals surface area contributed by atoms with Gasteiger partial charge in [0.05, 0.1) is 5.92 Å². The molecule has 0 saturated carbocycles. The van der Waals surface area contributed by atoms with E-state index in [-0.39, 0.29) is 17.7 Å². The summed E-state index contributed by atoms with van der Waals surface area (Å²) in [5.41, 5.74) is 0. The van der Waals surface area contributed by atoms with Gasteiger partial charge in [-0.15, -0.1) is 0 Å². The quantitative estimate of drug-likeness (QED) is 0.783. The molecule has 2 heterocycles. The highest BCUT2D eigenvalue weighted by molar-refractivity contribution is 5.80. The van der Waals surface area contributed by atoms with Crippen molar-refractivity contribution < 1.29 is 9.59 Å². The van der Waals surface area contributed by atoms with Crippen LogP contribution < -0.4 is 5.32 Å². The summed E-state index contributed by atoms with van der Waals surface area (Å²) < 4.78 is 0. The second-order valence-corrected chi connectivity index (χ2v) is 4.78. The van der Waals surface area contributed by atoms with Crippen LogP contribution in [0.4, 0.5) is 0 Å². The zero-order valence-electron chi connectivity index (χ0n) is 11.1. The summed E-state index contributed by atoms with van der Waals surface area (Å²) >= 11 is 0. The lowest BCUT2D eigenvalue weighted by Crippen LogP contribution is -2.45. The van der Waals surface area contributed by atoms with Crippen LogP contribution in [0.15, 0.2) is 6.33 Å². The highest BCUT2D eigenvalue weighted by Gasteiger charge is 2.26. The Bertz CT molecular complexity index is 431. The van der Waals surface area contributed by atoms with Crippen molar-refractivity contribution in [2.75, 3.05) is 19.6 Å². The van der Waals surface area contributed by atoms with Gasteiger partial charge in [-0.2, -0.15) is 5.10 Å². The van der Waals surface area contributed by atoms with Crippen molar-refractivity contribution in [3.8, 4) is 0 Å². The van der Waals surface area contributed by atoms with Crippen molar-refractivity contribution in [3.63, 3.8) is 0 Å². The molecule has 7 heteroatoms. The molecule has 7 nitrogen and oxygen atoms in total. The topological polar surface area (TPSA) is 91.0 Å². The van der Waals surface area contributed by atoms with Crippen molar-refractivity contribution in [1.82, 2.24) is 25.4 Å². The van der Waals surface area contributed by atoms with E-state index in [4.69, 9.17) is 0 Å². The Morgan fingerprint density at radius 1 is 1.58 bits per heavy atom. The second-order valence-electron chi connectivity index (χ2n) is 4.78. The normalized spacial score (nSPS) is 19.2. The van der Waals surface area contributed by atoms with E-state index >= 15 is 0 Å². The van der Waals surface area contributed by atoms with Gasteiger partial charge < -0.3 is 10.2 Å². The van der Waals surface area contributed by atoms with Crippen LogP contribution in [-0.4, -0.2) is 51.5 Å². The van der Waals surface area contributed by atoms with E-state index in [9.17, 15) is 9.59 Å². The van der Waals surface area contributed by atoms with E-state index in [1.807, 2.05) is 0 Å². The Kier molecular flexibility index (Phi) is 4.48. The highest BCUT2D eigenvalue weighted by atomic mass is 16.2. The summed E-state index contributed by atoms with van der Waals surface area (Å²) in [4.78, 5) is 29.0. The van der Waals surface area contributed by atoms with Crippen molar-refractivity contribution in [3.05, 3.63) is 12.2 Å². The molecular weight excluding hydrogens is 246 g/mol. The Morgan fingerprint density at radius 2 is 2.42 bits per heavy atom. The van der Waals surface area contributed by atoms with Crippen molar-refractivity contribution >= 4 is 11.8 Å². The smallest absolute Gasteiger partial charge is 0.224 e. The average Bonchev–Trinajstić information content (AvgIpc) is 2.92. The van der Waals surface area contributed by atoms with Gasteiger partial charge in [-0.25, -0.2) is 4.98 Å². The van der Waals surface area contributed by atoms with E-state index in [0.717, 1.165) is 25.2 Å². The molecule has 2 rings (SSSR count). The Balaban J connectivity index is 1.74. The van der Waals surface area contributed by atoms with Crippen molar-refractivity contribution in [2.24, 2.45) is 5.92 Å². The fourth-order valence-corrected chi connectivity index (χ4v) is 2.28. The summed E-state index contributed by atoms with van der Waals surface area (Å²) in [5, 5.41) is 9.38. The zero-order chi connectivity index (χ0) is 13.7. The molecule has 1 fully saturated rings. The molecule has 1 saturated heterocycles. The molecule has 0 aromatic carbocycles. The number of piperidine rings is 1. The lowest BCUT2D eigenvalue weighted by Gasteiger charge is -2.31. The maximum Gasteiger partial charge on any atom is 0.224 e. The second kappa shape index (κ2) is 6.31. The number of carbonyl (C=O) groups is 2. The minimum atomic E-state index is -0.0904. The van der Waals surface area contributed by atoms with Gasteiger partial charge >= 0.3 is 0 Å². The molecule has 0 bridgehead atoms. The molecule has 0 spiro atoms. The summed E-state index contributed by atoms with van der Waals surface area (Å²) in [7, 11) is 0. The van der Waals surface area contributed by atoms with Crippen molar-refractivity contribution in [2.45, 2.75) is 26.2 Å². The molecule has 1 unspecified atom stereocenters. The number of H-pyrrole nitrogens is 1. The molecule has 1 aliphatic rings. The summed E-state index contributed by atoms with van der Waals surface area (Å²) in [6, 6.07) is 0. The van der Waals surface area contributed by atoms with Crippen molar-refractivity contribution in [1.29, 1.82) is 0 Å². The van der Waals surface area contributed by atoms with Gasteiger partial charge in [0.2, 0.25) is 11.8 Å². The summed E-state index contributed by atoms with van der Waals surface area (Å²) in [5.74, 6) is 0.728. The first-order valence-electron chi connectivity index (χ1n) is 6.54. The van der Waals surface area contributed by atoms with Crippen LogP contribution in [0.2, 0.25) is 0 Å². The van der Waals surface area contributed by atoms with E-state index < -0.39 is 0 Å². The monoisotopic (exact) mass is 265 g/mol. The molecule has 0 aliphatic carbocycles. The minimum absolute atomic E-state index is 0.0189. The van der Waals surface area contributed by atoms with Crippen LogP contribution >= 0.6 is 0 Å². The third-order valence-corrected chi connectivity index (χ3v) is 3.36. The molecule has 0 radical (unpaired) electrons. The molecule has 1 aliphatic heterocycles. The van der Waals surface area contributed by atoms with Gasteiger partial charge in [0.1, 0.15) is 12.2 Å². The Morgan fingerprint density at radius 3 is 3.11 bits per heavy atom. The zero-order valence-corrected chi connectivity index (χ0v) is 11.1. The molecule has 1 aromatic rings. The molecule has 19 heavy (non-hydrogen) atoms. The number of amides is 2. The van der Waals surface area contributed by atoms with E-state index in [2.05, 4.69) is 20.5 Å². The number of likely N-dealkylation sites (tertiary alicyclic amines) is 1. The average molecular weight is 265 g/mol. The molecular formula is C12H19N5O2. The first-order chi connectivity index (χ1) is 9.16. The predicted octanol–water partition coefficient (Wildman–Crippen LogP) is -0.278. The number of hydrogen-bond donors (Lipinski definition) is 2. The van der Waals surface area contributed by atoms with Crippen LogP contribution in [0.3, 0.4) is 0 Å². The number of hydrogen-bond acceptors (Lipinski definition) is 4. The highest BCUT2D eigenvalue weighted by Crippen LogP contribution is 2.16. The Hall–Kier alpha value is -1.92.